The predicted molar refractivity (Wildman–Crippen MR) is 77.3 cm³/mol. The smallest absolute Gasteiger partial charge is 0.174 e. The van der Waals surface area contributed by atoms with Crippen molar-refractivity contribution in [2.45, 2.75) is 31.7 Å². The van der Waals surface area contributed by atoms with Gasteiger partial charge in [-0.05, 0) is 47.4 Å². The van der Waals surface area contributed by atoms with Crippen molar-refractivity contribution in [3.05, 3.63) is 20.8 Å². The molecule has 1 aliphatic rings. The zero-order valence-electron chi connectivity index (χ0n) is 10.3. The van der Waals surface area contributed by atoms with Gasteiger partial charge in [-0.3, -0.25) is 9.69 Å². The largest absolute Gasteiger partial charge is 0.395 e. The molecule has 0 spiro atoms. The molecule has 2 heterocycles. The van der Waals surface area contributed by atoms with Gasteiger partial charge in [0.1, 0.15) is 0 Å². The van der Waals surface area contributed by atoms with Crippen molar-refractivity contribution in [2.24, 2.45) is 0 Å². The van der Waals surface area contributed by atoms with E-state index in [4.69, 9.17) is 0 Å². The van der Waals surface area contributed by atoms with Gasteiger partial charge >= 0.3 is 0 Å². The van der Waals surface area contributed by atoms with E-state index in [-0.39, 0.29) is 18.4 Å². The topological polar surface area (TPSA) is 40.5 Å². The predicted octanol–water partition coefficient (Wildman–Crippen LogP) is 2.93. The number of piperidine rings is 1. The van der Waals surface area contributed by atoms with E-state index in [0.29, 0.717) is 6.42 Å². The molecule has 0 radical (unpaired) electrons. The van der Waals surface area contributed by atoms with Crippen LogP contribution < -0.4 is 0 Å². The third-order valence-electron chi connectivity index (χ3n) is 3.43. The van der Waals surface area contributed by atoms with Gasteiger partial charge in [0, 0.05) is 19.0 Å². The van der Waals surface area contributed by atoms with Crippen molar-refractivity contribution >= 4 is 33.0 Å². The van der Waals surface area contributed by atoms with Crippen LogP contribution in [0.15, 0.2) is 15.9 Å². The minimum absolute atomic E-state index is 0.202. The highest BCUT2D eigenvalue weighted by molar-refractivity contribution is 9.11. The Hall–Kier alpha value is -0.230. The maximum Gasteiger partial charge on any atom is 0.174 e. The molecule has 1 aromatic rings. The summed E-state index contributed by atoms with van der Waals surface area (Å²) >= 11 is 4.86. The number of aliphatic hydroxyl groups is 1. The van der Waals surface area contributed by atoms with Crippen molar-refractivity contribution in [3.8, 4) is 0 Å². The van der Waals surface area contributed by atoms with Gasteiger partial charge in [0.15, 0.2) is 5.78 Å². The number of ketones is 1. The van der Waals surface area contributed by atoms with E-state index in [9.17, 15) is 9.90 Å². The van der Waals surface area contributed by atoms with Gasteiger partial charge in [0.25, 0.3) is 0 Å². The highest BCUT2D eigenvalue weighted by Crippen LogP contribution is 2.24. The Morgan fingerprint density at radius 1 is 1.50 bits per heavy atom. The van der Waals surface area contributed by atoms with Crippen molar-refractivity contribution in [1.82, 2.24) is 4.90 Å². The van der Waals surface area contributed by atoms with Gasteiger partial charge in [-0.1, -0.05) is 6.42 Å². The molecular formula is C13H18BrNO2S. The molecule has 1 N–H and O–H groups in total. The van der Waals surface area contributed by atoms with Gasteiger partial charge in [0.05, 0.1) is 15.3 Å². The standard InChI is InChI=1S/C13H18BrNO2S/c14-13-5-4-12(18-13)11(17)6-8-15-7-2-1-3-10(15)9-16/h4-5,10,16H,1-3,6-9H2. The third-order valence-corrected chi connectivity index (χ3v) is 5.10. The summed E-state index contributed by atoms with van der Waals surface area (Å²) in [5, 5.41) is 9.32. The maximum atomic E-state index is 12.0. The Kier molecular flexibility index (Phi) is 5.36. The second kappa shape index (κ2) is 6.80. The first-order chi connectivity index (χ1) is 8.70. The van der Waals surface area contributed by atoms with Gasteiger partial charge < -0.3 is 5.11 Å². The first-order valence-electron chi connectivity index (χ1n) is 6.34. The number of likely N-dealkylation sites (tertiary alicyclic amines) is 1. The molecule has 0 amide bonds. The normalized spacial score (nSPS) is 21.1. The number of carbonyl (C=O) groups excluding carboxylic acids is 1. The van der Waals surface area contributed by atoms with Crippen LogP contribution in [-0.2, 0) is 0 Å². The first kappa shape index (κ1) is 14.2. The van der Waals surface area contributed by atoms with E-state index in [1.165, 1.54) is 24.2 Å². The number of rotatable bonds is 5. The molecule has 0 aromatic carbocycles. The second-order valence-electron chi connectivity index (χ2n) is 4.65. The summed E-state index contributed by atoms with van der Waals surface area (Å²) in [6.07, 6.45) is 3.96. The molecule has 100 valence electrons. The summed E-state index contributed by atoms with van der Waals surface area (Å²) in [5.74, 6) is 0.202. The summed E-state index contributed by atoms with van der Waals surface area (Å²) in [6.45, 7) is 1.98. The average molecular weight is 332 g/mol. The van der Waals surface area contributed by atoms with Gasteiger partial charge in [-0.25, -0.2) is 0 Å². The molecule has 3 nitrogen and oxygen atoms in total. The number of hydrogen-bond donors (Lipinski definition) is 1. The highest BCUT2D eigenvalue weighted by Gasteiger charge is 2.22. The van der Waals surface area contributed by atoms with Crippen molar-refractivity contribution in [1.29, 1.82) is 0 Å². The van der Waals surface area contributed by atoms with Crippen molar-refractivity contribution in [3.63, 3.8) is 0 Å². The van der Waals surface area contributed by atoms with E-state index in [1.807, 2.05) is 12.1 Å². The molecule has 1 saturated heterocycles. The summed E-state index contributed by atoms with van der Waals surface area (Å²) in [6, 6.07) is 4.04. The fourth-order valence-corrected chi connectivity index (χ4v) is 3.75. The Labute approximate surface area is 120 Å². The molecule has 0 saturated carbocycles. The number of halogens is 1. The number of hydrogen-bond acceptors (Lipinski definition) is 4. The molecule has 5 heteroatoms. The fourth-order valence-electron chi connectivity index (χ4n) is 2.39. The number of carbonyl (C=O) groups is 1. The Morgan fingerprint density at radius 2 is 2.33 bits per heavy atom. The molecule has 1 aliphatic heterocycles. The average Bonchev–Trinajstić information content (AvgIpc) is 2.83. The van der Waals surface area contributed by atoms with Gasteiger partial charge in [-0.15, -0.1) is 11.3 Å². The lowest BCUT2D eigenvalue weighted by molar-refractivity contribution is 0.0795. The molecule has 0 bridgehead atoms. The SMILES string of the molecule is O=C(CCN1CCCCC1CO)c1ccc(Br)s1. The molecule has 1 aromatic heterocycles. The van der Waals surface area contributed by atoms with E-state index < -0.39 is 0 Å². The molecule has 1 unspecified atom stereocenters. The monoisotopic (exact) mass is 331 g/mol. The number of nitrogens with zero attached hydrogens (tertiary/aromatic N) is 1. The zero-order valence-corrected chi connectivity index (χ0v) is 12.7. The lowest BCUT2D eigenvalue weighted by atomic mass is 10.0. The van der Waals surface area contributed by atoms with Crippen LogP contribution in [0.3, 0.4) is 0 Å². The number of aliphatic hydroxyl groups excluding tert-OH is 1. The highest BCUT2D eigenvalue weighted by atomic mass is 79.9. The van der Waals surface area contributed by atoms with Crippen LogP contribution >= 0.6 is 27.3 Å². The minimum atomic E-state index is 0.202. The number of Topliss-reactive ketones (excluding diaryl/α,β-unsaturated/α-hetero) is 1. The Balaban J connectivity index is 1.85. The first-order valence-corrected chi connectivity index (χ1v) is 7.95. The van der Waals surface area contributed by atoms with Crippen molar-refractivity contribution in [2.75, 3.05) is 19.7 Å². The molecule has 0 aliphatic carbocycles. The lowest BCUT2D eigenvalue weighted by Gasteiger charge is -2.34. The van der Waals surface area contributed by atoms with Crippen LogP contribution in [0.2, 0.25) is 0 Å². The Morgan fingerprint density at radius 3 is 3.00 bits per heavy atom. The molecular weight excluding hydrogens is 314 g/mol. The summed E-state index contributed by atoms with van der Waals surface area (Å²) < 4.78 is 0.997. The van der Waals surface area contributed by atoms with Crippen LogP contribution in [-0.4, -0.2) is 41.5 Å². The van der Waals surface area contributed by atoms with E-state index in [0.717, 1.165) is 28.2 Å². The van der Waals surface area contributed by atoms with Gasteiger partial charge in [0.2, 0.25) is 0 Å². The molecule has 1 fully saturated rings. The lowest BCUT2D eigenvalue weighted by Crippen LogP contribution is -2.42. The van der Waals surface area contributed by atoms with Crippen LogP contribution in [0.1, 0.15) is 35.4 Å². The van der Waals surface area contributed by atoms with E-state index >= 15 is 0 Å². The third kappa shape index (κ3) is 3.63. The van der Waals surface area contributed by atoms with Crippen molar-refractivity contribution < 1.29 is 9.90 Å². The molecule has 18 heavy (non-hydrogen) atoms. The Bertz CT molecular complexity index is 407. The molecule has 2 rings (SSSR count). The minimum Gasteiger partial charge on any atom is -0.395 e. The second-order valence-corrected chi connectivity index (χ2v) is 7.11. The van der Waals surface area contributed by atoms with E-state index in [1.54, 1.807) is 0 Å². The molecule has 1 atom stereocenters. The fraction of sp³-hybridized carbons (Fsp3) is 0.615. The summed E-state index contributed by atoms with van der Waals surface area (Å²) in [5.41, 5.74) is 0. The van der Waals surface area contributed by atoms with Crippen LogP contribution in [0.25, 0.3) is 0 Å². The summed E-state index contributed by atoms with van der Waals surface area (Å²) in [7, 11) is 0. The maximum absolute atomic E-state index is 12.0. The van der Waals surface area contributed by atoms with Crippen LogP contribution in [0.4, 0.5) is 0 Å². The quantitative estimate of drug-likeness (QED) is 0.843. The van der Waals surface area contributed by atoms with Crippen LogP contribution in [0, 0.1) is 0 Å². The number of thiophene rings is 1. The van der Waals surface area contributed by atoms with E-state index in [2.05, 4.69) is 20.8 Å². The summed E-state index contributed by atoms with van der Waals surface area (Å²) in [4.78, 5) is 15.1. The van der Waals surface area contributed by atoms with Gasteiger partial charge in [-0.2, -0.15) is 0 Å². The van der Waals surface area contributed by atoms with Crippen LogP contribution in [0.5, 0.6) is 0 Å². The zero-order chi connectivity index (χ0) is 13.0.